The van der Waals surface area contributed by atoms with Gasteiger partial charge in [0.05, 0.1) is 6.61 Å². The molecule has 1 aliphatic carbocycles. The SMILES string of the molecule is Cc1ccc(C(=O)NC2CCCC2C)cc1C#CCCO. The van der Waals surface area contributed by atoms with E-state index in [9.17, 15) is 4.79 Å². The molecular formula is C18H23NO2. The Labute approximate surface area is 126 Å². The van der Waals surface area contributed by atoms with Gasteiger partial charge >= 0.3 is 0 Å². The van der Waals surface area contributed by atoms with Crippen LogP contribution in [-0.2, 0) is 0 Å². The first-order valence-electron chi connectivity index (χ1n) is 7.63. The fourth-order valence-corrected chi connectivity index (χ4v) is 2.72. The van der Waals surface area contributed by atoms with Gasteiger partial charge in [-0.15, -0.1) is 0 Å². The molecule has 2 N–H and O–H groups in total. The minimum Gasteiger partial charge on any atom is -0.395 e. The normalized spacial score (nSPS) is 20.7. The van der Waals surface area contributed by atoms with Gasteiger partial charge in [0.1, 0.15) is 0 Å². The monoisotopic (exact) mass is 285 g/mol. The van der Waals surface area contributed by atoms with Gasteiger partial charge in [0, 0.05) is 23.6 Å². The highest BCUT2D eigenvalue weighted by Gasteiger charge is 2.25. The number of hydrogen-bond donors (Lipinski definition) is 2. The molecule has 0 heterocycles. The Kier molecular flexibility index (Phi) is 5.41. The molecule has 1 aromatic carbocycles. The molecule has 2 unspecified atom stereocenters. The number of aliphatic hydroxyl groups is 1. The summed E-state index contributed by atoms with van der Waals surface area (Å²) >= 11 is 0. The molecule has 1 amide bonds. The van der Waals surface area contributed by atoms with Crippen LogP contribution in [0.3, 0.4) is 0 Å². The van der Waals surface area contributed by atoms with E-state index in [0.29, 0.717) is 23.9 Å². The molecule has 0 aromatic heterocycles. The lowest BCUT2D eigenvalue weighted by atomic mass is 10.0. The maximum Gasteiger partial charge on any atom is 0.251 e. The second kappa shape index (κ2) is 7.28. The number of benzene rings is 1. The van der Waals surface area contributed by atoms with E-state index in [1.54, 1.807) is 0 Å². The van der Waals surface area contributed by atoms with Crippen LogP contribution in [0.5, 0.6) is 0 Å². The smallest absolute Gasteiger partial charge is 0.251 e. The van der Waals surface area contributed by atoms with E-state index >= 15 is 0 Å². The summed E-state index contributed by atoms with van der Waals surface area (Å²) in [5.74, 6) is 6.47. The Bertz CT molecular complexity index is 568. The van der Waals surface area contributed by atoms with Crippen molar-refractivity contribution < 1.29 is 9.90 Å². The number of nitrogens with one attached hydrogen (secondary N) is 1. The second-order valence-corrected chi connectivity index (χ2v) is 5.79. The Morgan fingerprint density at radius 2 is 2.24 bits per heavy atom. The van der Waals surface area contributed by atoms with E-state index in [0.717, 1.165) is 17.5 Å². The summed E-state index contributed by atoms with van der Waals surface area (Å²) in [5, 5.41) is 11.9. The van der Waals surface area contributed by atoms with Gasteiger partial charge in [-0.1, -0.05) is 31.3 Å². The van der Waals surface area contributed by atoms with Crippen molar-refractivity contribution in [2.45, 2.75) is 45.6 Å². The van der Waals surface area contributed by atoms with Gasteiger partial charge in [0.2, 0.25) is 0 Å². The third-order valence-corrected chi connectivity index (χ3v) is 4.14. The maximum absolute atomic E-state index is 12.3. The van der Waals surface area contributed by atoms with Gasteiger partial charge < -0.3 is 10.4 Å². The Morgan fingerprint density at radius 3 is 2.90 bits per heavy atom. The summed E-state index contributed by atoms with van der Waals surface area (Å²) in [4.78, 5) is 12.3. The number of carbonyl (C=O) groups is 1. The molecular weight excluding hydrogens is 262 g/mol. The van der Waals surface area contributed by atoms with Crippen molar-refractivity contribution in [1.82, 2.24) is 5.32 Å². The third-order valence-electron chi connectivity index (χ3n) is 4.14. The molecule has 1 saturated carbocycles. The molecule has 0 saturated heterocycles. The molecule has 3 heteroatoms. The molecule has 112 valence electrons. The van der Waals surface area contributed by atoms with Gasteiger partial charge in [-0.3, -0.25) is 4.79 Å². The predicted octanol–water partition coefficient (Wildman–Crippen LogP) is 2.65. The molecule has 3 nitrogen and oxygen atoms in total. The van der Waals surface area contributed by atoms with Crippen molar-refractivity contribution in [3.63, 3.8) is 0 Å². The summed E-state index contributed by atoms with van der Waals surface area (Å²) in [5.41, 5.74) is 2.56. The summed E-state index contributed by atoms with van der Waals surface area (Å²) in [7, 11) is 0. The molecule has 1 aromatic rings. The Morgan fingerprint density at radius 1 is 1.43 bits per heavy atom. The van der Waals surface area contributed by atoms with Crippen LogP contribution in [0.4, 0.5) is 0 Å². The average molecular weight is 285 g/mol. The predicted molar refractivity (Wildman–Crippen MR) is 84.0 cm³/mol. The van der Waals surface area contributed by atoms with E-state index in [-0.39, 0.29) is 12.5 Å². The van der Waals surface area contributed by atoms with Gasteiger partial charge in [-0.05, 0) is 43.4 Å². The van der Waals surface area contributed by atoms with Crippen molar-refractivity contribution in [2.75, 3.05) is 6.61 Å². The summed E-state index contributed by atoms with van der Waals surface area (Å²) < 4.78 is 0. The first-order valence-corrected chi connectivity index (χ1v) is 7.63. The standard InChI is InChI=1S/C18H23NO2/c1-13-9-10-16(12-15(13)7-3-4-11-20)18(21)19-17-8-5-6-14(17)2/h9-10,12,14,17,20H,4-6,8,11H2,1-2H3,(H,19,21). The third kappa shape index (κ3) is 4.09. The molecule has 0 radical (unpaired) electrons. The van der Waals surface area contributed by atoms with Crippen LogP contribution in [0.1, 0.15) is 54.1 Å². The first kappa shape index (κ1) is 15.6. The average Bonchev–Trinajstić information content (AvgIpc) is 2.86. The molecule has 2 rings (SSSR count). The molecule has 0 spiro atoms. The van der Waals surface area contributed by atoms with Crippen molar-refractivity contribution in [2.24, 2.45) is 5.92 Å². The summed E-state index contributed by atoms with van der Waals surface area (Å²) in [6.07, 6.45) is 3.91. The van der Waals surface area contributed by atoms with E-state index in [2.05, 4.69) is 24.1 Å². The highest BCUT2D eigenvalue weighted by Crippen LogP contribution is 2.25. The fourth-order valence-electron chi connectivity index (χ4n) is 2.72. The van der Waals surface area contributed by atoms with E-state index < -0.39 is 0 Å². The van der Waals surface area contributed by atoms with E-state index in [1.807, 2.05) is 25.1 Å². The molecule has 21 heavy (non-hydrogen) atoms. The zero-order chi connectivity index (χ0) is 15.2. The molecule has 0 bridgehead atoms. The quantitative estimate of drug-likeness (QED) is 0.839. The Hall–Kier alpha value is -1.79. The molecule has 1 aliphatic rings. The minimum atomic E-state index is -0.0149. The highest BCUT2D eigenvalue weighted by atomic mass is 16.2. The van der Waals surface area contributed by atoms with Crippen molar-refractivity contribution in [3.8, 4) is 11.8 Å². The fraction of sp³-hybridized carbons (Fsp3) is 0.500. The lowest BCUT2D eigenvalue weighted by Crippen LogP contribution is -2.36. The maximum atomic E-state index is 12.3. The molecule has 1 fully saturated rings. The van der Waals surface area contributed by atoms with Gasteiger partial charge in [-0.2, -0.15) is 0 Å². The lowest BCUT2D eigenvalue weighted by Gasteiger charge is -2.17. The lowest BCUT2D eigenvalue weighted by molar-refractivity contribution is 0.0929. The second-order valence-electron chi connectivity index (χ2n) is 5.79. The van der Waals surface area contributed by atoms with Crippen LogP contribution in [0.15, 0.2) is 18.2 Å². The van der Waals surface area contributed by atoms with Crippen LogP contribution in [0.2, 0.25) is 0 Å². The minimum absolute atomic E-state index is 0.0149. The van der Waals surface area contributed by atoms with Gasteiger partial charge in [0.15, 0.2) is 0 Å². The van der Waals surface area contributed by atoms with Crippen LogP contribution in [-0.4, -0.2) is 23.7 Å². The summed E-state index contributed by atoms with van der Waals surface area (Å²) in [6.45, 7) is 4.23. The van der Waals surface area contributed by atoms with Gasteiger partial charge in [0.25, 0.3) is 5.91 Å². The van der Waals surface area contributed by atoms with Crippen molar-refractivity contribution in [1.29, 1.82) is 0 Å². The number of aliphatic hydroxyl groups excluding tert-OH is 1. The van der Waals surface area contributed by atoms with Crippen LogP contribution in [0.25, 0.3) is 0 Å². The number of amides is 1. The van der Waals surface area contributed by atoms with Crippen LogP contribution in [0, 0.1) is 24.7 Å². The topological polar surface area (TPSA) is 49.3 Å². The molecule has 0 aliphatic heterocycles. The summed E-state index contributed by atoms with van der Waals surface area (Å²) in [6, 6.07) is 5.91. The number of carbonyl (C=O) groups excluding carboxylic acids is 1. The number of aryl methyl sites for hydroxylation is 1. The highest BCUT2D eigenvalue weighted by molar-refractivity contribution is 5.94. The zero-order valence-electron chi connectivity index (χ0n) is 12.8. The van der Waals surface area contributed by atoms with Crippen molar-refractivity contribution in [3.05, 3.63) is 34.9 Å². The number of hydrogen-bond acceptors (Lipinski definition) is 2. The van der Waals surface area contributed by atoms with E-state index in [4.69, 9.17) is 5.11 Å². The van der Waals surface area contributed by atoms with Crippen LogP contribution >= 0.6 is 0 Å². The first-order chi connectivity index (χ1) is 10.1. The molecule has 2 atom stereocenters. The Balaban J connectivity index is 2.11. The zero-order valence-corrected chi connectivity index (χ0v) is 12.8. The largest absolute Gasteiger partial charge is 0.395 e. The van der Waals surface area contributed by atoms with Gasteiger partial charge in [-0.25, -0.2) is 0 Å². The van der Waals surface area contributed by atoms with E-state index in [1.165, 1.54) is 12.8 Å². The van der Waals surface area contributed by atoms with Crippen molar-refractivity contribution >= 4 is 5.91 Å². The van der Waals surface area contributed by atoms with Crippen LogP contribution < -0.4 is 5.32 Å². The number of rotatable bonds is 3.